The van der Waals surface area contributed by atoms with Crippen LogP contribution in [-0.4, -0.2) is 17.2 Å². The standard InChI is InChI=1S/C9H10N2O2/c10-7-5-6-3-1-2-4-8(6)11(13)9(7)12/h1-4,7,13H,5,10H2/t7-/m1/s1. The van der Waals surface area contributed by atoms with E-state index in [4.69, 9.17) is 5.73 Å². The van der Waals surface area contributed by atoms with E-state index in [2.05, 4.69) is 0 Å². The molecule has 1 atom stereocenters. The van der Waals surface area contributed by atoms with Crippen molar-refractivity contribution < 1.29 is 10.0 Å². The molecular formula is C9H10N2O2. The predicted octanol–water partition coefficient (Wildman–Crippen LogP) is 0.292. The summed E-state index contributed by atoms with van der Waals surface area (Å²) in [5.41, 5.74) is 6.97. The van der Waals surface area contributed by atoms with Gasteiger partial charge in [-0.1, -0.05) is 18.2 Å². The molecule has 68 valence electrons. The maximum absolute atomic E-state index is 11.2. The molecule has 0 radical (unpaired) electrons. The summed E-state index contributed by atoms with van der Waals surface area (Å²) in [6.45, 7) is 0. The minimum atomic E-state index is -0.625. The zero-order chi connectivity index (χ0) is 9.42. The van der Waals surface area contributed by atoms with Crippen molar-refractivity contribution >= 4 is 11.6 Å². The van der Waals surface area contributed by atoms with Gasteiger partial charge in [0, 0.05) is 0 Å². The van der Waals surface area contributed by atoms with E-state index in [9.17, 15) is 10.0 Å². The smallest absolute Gasteiger partial charge is 0.267 e. The first kappa shape index (κ1) is 8.22. The molecule has 4 nitrogen and oxygen atoms in total. The van der Waals surface area contributed by atoms with Crippen LogP contribution >= 0.6 is 0 Å². The lowest BCUT2D eigenvalue weighted by Gasteiger charge is -2.27. The number of fused-ring (bicyclic) bond motifs is 1. The minimum Gasteiger partial charge on any atom is -0.320 e. The average molecular weight is 178 g/mol. The molecule has 0 unspecified atom stereocenters. The van der Waals surface area contributed by atoms with Crippen molar-refractivity contribution in [1.82, 2.24) is 0 Å². The summed E-state index contributed by atoms with van der Waals surface area (Å²) in [5.74, 6) is -0.446. The van der Waals surface area contributed by atoms with E-state index >= 15 is 0 Å². The number of benzene rings is 1. The molecule has 1 amide bonds. The maximum atomic E-state index is 11.2. The van der Waals surface area contributed by atoms with E-state index in [0.29, 0.717) is 17.2 Å². The third-order valence-corrected chi connectivity index (χ3v) is 2.19. The molecule has 1 aliphatic rings. The van der Waals surface area contributed by atoms with Gasteiger partial charge in [0.2, 0.25) is 0 Å². The summed E-state index contributed by atoms with van der Waals surface area (Å²) in [6, 6.07) is 6.55. The molecule has 0 aliphatic carbocycles. The summed E-state index contributed by atoms with van der Waals surface area (Å²) >= 11 is 0. The van der Waals surface area contributed by atoms with Gasteiger partial charge in [-0.25, -0.2) is 0 Å². The lowest BCUT2D eigenvalue weighted by atomic mass is 9.99. The van der Waals surface area contributed by atoms with Crippen molar-refractivity contribution in [2.24, 2.45) is 5.73 Å². The lowest BCUT2D eigenvalue weighted by molar-refractivity contribution is -0.125. The Morgan fingerprint density at radius 2 is 2.15 bits per heavy atom. The Hall–Kier alpha value is -1.39. The fourth-order valence-corrected chi connectivity index (χ4v) is 1.49. The second-order valence-corrected chi connectivity index (χ2v) is 3.09. The number of carbonyl (C=O) groups excluding carboxylic acids is 1. The summed E-state index contributed by atoms with van der Waals surface area (Å²) < 4.78 is 0. The summed E-state index contributed by atoms with van der Waals surface area (Å²) in [7, 11) is 0. The fourth-order valence-electron chi connectivity index (χ4n) is 1.49. The highest BCUT2D eigenvalue weighted by Gasteiger charge is 2.28. The van der Waals surface area contributed by atoms with Gasteiger partial charge < -0.3 is 5.73 Å². The number of hydrogen-bond donors (Lipinski definition) is 2. The molecule has 1 aromatic rings. The van der Waals surface area contributed by atoms with Gasteiger partial charge in [-0.15, -0.1) is 0 Å². The molecule has 0 saturated heterocycles. The van der Waals surface area contributed by atoms with Crippen LogP contribution in [-0.2, 0) is 11.2 Å². The zero-order valence-electron chi connectivity index (χ0n) is 6.97. The van der Waals surface area contributed by atoms with Crippen LogP contribution in [0.4, 0.5) is 5.69 Å². The number of carbonyl (C=O) groups is 1. The molecule has 1 aromatic carbocycles. The van der Waals surface area contributed by atoms with Crippen LogP contribution in [0, 0.1) is 0 Å². The predicted molar refractivity (Wildman–Crippen MR) is 47.4 cm³/mol. The molecular weight excluding hydrogens is 168 g/mol. The number of rotatable bonds is 0. The van der Waals surface area contributed by atoms with Crippen LogP contribution in [0.1, 0.15) is 5.56 Å². The van der Waals surface area contributed by atoms with E-state index in [1.807, 2.05) is 12.1 Å². The first-order valence-electron chi connectivity index (χ1n) is 4.06. The number of para-hydroxylation sites is 1. The molecule has 0 spiro atoms. The van der Waals surface area contributed by atoms with Gasteiger partial charge >= 0.3 is 0 Å². The van der Waals surface area contributed by atoms with E-state index < -0.39 is 11.9 Å². The van der Waals surface area contributed by atoms with Gasteiger partial charge in [0.15, 0.2) is 0 Å². The lowest BCUT2D eigenvalue weighted by Crippen LogP contribution is -2.47. The fraction of sp³-hybridized carbons (Fsp3) is 0.222. The van der Waals surface area contributed by atoms with Crippen LogP contribution in [0.3, 0.4) is 0 Å². The molecule has 0 aromatic heterocycles. The van der Waals surface area contributed by atoms with Gasteiger partial charge in [0.05, 0.1) is 11.7 Å². The number of hydroxylamine groups is 1. The molecule has 0 fully saturated rings. The minimum absolute atomic E-state index is 0.446. The molecule has 1 heterocycles. The first-order chi connectivity index (χ1) is 6.20. The SMILES string of the molecule is N[C@@H]1Cc2ccccc2N(O)C1=O. The summed E-state index contributed by atoms with van der Waals surface area (Å²) in [5, 5.41) is 10.0. The highest BCUT2D eigenvalue weighted by molar-refractivity contribution is 5.97. The number of amides is 1. The monoisotopic (exact) mass is 178 g/mol. The third-order valence-electron chi connectivity index (χ3n) is 2.19. The largest absolute Gasteiger partial charge is 0.320 e. The second kappa shape index (κ2) is 2.83. The van der Waals surface area contributed by atoms with Gasteiger partial charge in [-0.2, -0.15) is 5.06 Å². The molecule has 0 saturated carbocycles. The highest BCUT2D eigenvalue weighted by atomic mass is 16.5. The van der Waals surface area contributed by atoms with Crippen LogP contribution in [0.15, 0.2) is 24.3 Å². The number of anilines is 1. The van der Waals surface area contributed by atoms with Crippen molar-refractivity contribution in [2.45, 2.75) is 12.5 Å². The number of nitrogens with two attached hydrogens (primary N) is 1. The Kier molecular flexibility index (Phi) is 1.79. The Balaban J connectivity index is 2.49. The van der Waals surface area contributed by atoms with E-state index in [-0.39, 0.29) is 0 Å². The Morgan fingerprint density at radius 3 is 2.92 bits per heavy atom. The van der Waals surface area contributed by atoms with Crippen LogP contribution in [0.5, 0.6) is 0 Å². The van der Waals surface area contributed by atoms with E-state index in [1.54, 1.807) is 12.1 Å². The van der Waals surface area contributed by atoms with Crippen molar-refractivity contribution in [2.75, 3.05) is 5.06 Å². The number of nitrogens with zero attached hydrogens (tertiary/aromatic N) is 1. The van der Waals surface area contributed by atoms with Crippen LogP contribution < -0.4 is 10.8 Å². The summed E-state index contributed by atoms with van der Waals surface area (Å²) in [4.78, 5) is 11.2. The highest BCUT2D eigenvalue weighted by Crippen LogP contribution is 2.25. The molecule has 2 rings (SSSR count). The van der Waals surface area contributed by atoms with Crippen molar-refractivity contribution in [3.8, 4) is 0 Å². The Bertz CT molecular complexity index is 351. The van der Waals surface area contributed by atoms with Crippen molar-refractivity contribution in [3.05, 3.63) is 29.8 Å². The van der Waals surface area contributed by atoms with Crippen LogP contribution in [0.25, 0.3) is 0 Å². The Labute approximate surface area is 75.5 Å². The van der Waals surface area contributed by atoms with Crippen LogP contribution in [0.2, 0.25) is 0 Å². The quantitative estimate of drug-likeness (QED) is 0.561. The van der Waals surface area contributed by atoms with E-state index in [1.165, 1.54) is 0 Å². The third kappa shape index (κ3) is 1.20. The maximum Gasteiger partial charge on any atom is 0.267 e. The molecule has 0 bridgehead atoms. The first-order valence-corrected chi connectivity index (χ1v) is 4.06. The molecule has 3 N–H and O–H groups in total. The molecule has 1 aliphatic heterocycles. The van der Waals surface area contributed by atoms with Gasteiger partial charge in [0.25, 0.3) is 5.91 Å². The van der Waals surface area contributed by atoms with Crippen molar-refractivity contribution in [3.63, 3.8) is 0 Å². The van der Waals surface area contributed by atoms with Gasteiger partial charge in [0.1, 0.15) is 0 Å². The topological polar surface area (TPSA) is 66.6 Å². The average Bonchev–Trinajstić information content (AvgIpc) is 2.15. The zero-order valence-corrected chi connectivity index (χ0v) is 6.97. The van der Waals surface area contributed by atoms with Gasteiger partial charge in [-0.05, 0) is 18.1 Å². The van der Waals surface area contributed by atoms with E-state index in [0.717, 1.165) is 5.56 Å². The summed E-state index contributed by atoms with van der Waals surface area (Å²) in [6.07, 6.45) is 0.492. The molecule has 4 heteroatoms. The molecule has 13 heavy (non-hydrogen) atoms. The normalized spacial score (nSPS) is 21.5. The van der Waals surface area contributed by atoms with Gasteiger partial charge in [-0.3, -0.25) is 10.0 Å². The van der Waals surface area contributed by atoms with Crippen molar-refractivity contribution in [1.29, 1.82) is 0 Å². The Morgan fingerprint density at radius 1 is 1.46 bits per heavy atom. The number of hydrogen-bond acceptors (Lipinski definition) is 3. The second-order valence-electron chi connectivity index (χ2n) is 3.09.